The van der Waals surface area contributed by atoms with Crippen molar-refractivity contribution in [1.82, 2.24) is 0 Å². The molecule has 3 heteroatoms. The molecule has 2 rings (SSSR count). The lowest BCUT2D eigenvalue weighted by Crippen LogP contribution is -1.93. The van der Waals surface area contributed by atoms with Crippen LogP contribution in [0.15, 0.2) is 18.2 Å². The van der Waals surface area contributed by atoms with Gasteiger partial charge in [0.25, 0.3) is 0 Å². The van der Waals surface area contributed by atoms with Gasteiger partial charge in [-0.1, -0.05) is 11.6 Å². The summed E-state index contributed by atoms with van der Waals surface area (Å²) in [5.74, 6) is 0.957. The summed E-state index contributed by atoms with van der Waals surface area (Å²) in [5.41, 5.74) is 1.18. The summed E-state index contributed by atoms with van der Waals surface area (Å²) >= 11 is 7.57. The fourth-order valence-corrected chi connectivity index (χ4v) is 2.73. The minimum Gasteiger partial charge on any atom is -0.494 e. The van der Waals surface area contributed by atoms with Crippen molar-refractivity contribution < 1.29 is 4.74 Å². The zero-order valence-corrected chi connectivity index (χ0v) is 9.71. The number of fused-ring (bicyclic) bond motifs is 1. The third kappa shape index (κ3) is 1.60. The molecule has 1 nitrogen and oxygen atoms in total. The first-order valence-corrected chi connectivity index (χ1v) is 5.73. The van der Waals surface area contributed by atoms with Crippen molar-refractivity contribution in [3.05, 3.63) is 28.1 Å². The molecule has 0 saturated carbocycles. The number of rotatable bonds is 2. The van der Waals surface area contributed by atoms with Gasteiger partial charge in [-0.25, -0.2) is 0 Å². The number of aryl methyl sites for hydroxylation is 1. The highest BCUT2D eigenvalue weighted by molar-refractivity contribution is 7.22. The van der Waals surface area contributed by atoms with Crippen LogP contribution in [0.5, 0.6) is 5.75 Å². The number of benzene rings is 1. The van der Waals surface area contributed by atoms with Gasteiger partial charge in [0.05, 0.1) is 10.9 Å². The van der Waals surface area contributed by atoms with E-state index in [4.69, 9.17) is 16.3 Å². The zero-order chi connectivity index (χ0) is 10.1. The first kappa shape index (κ1) is 9.81. The minimum absolute atomic E-state index is 0.700. The molecular formula is C11H11ClOS. The van der Waals surface area contributed by atoms with E-state index in [1.165, 1.54) is 15.6 Å². The largest absolute Gasteiger partial charge is 0.494 e. The van der Waals surface area contributed by atoms with Gasteiger partial charge in [0.1, 0.15) is 5.75 Å². The fourth-order valence-electron chi connectivity index (χ4n) is 1.50. The molecule has 0 fully saturated rings. The van der Waals surface area contributed by atoms with E-state index in [1.54, 1.807) is 11.3 Å². The van der Waals surface area contributed by atoms with Gasteiger partial charge in [0.15, 0.2) is 0 Å². The topological polar surface area (TPSA) is 9.23 Å². The molecule has 0 spiro atoms. The van der Waals surface area contributed by atoms with Gasteiger partial charge < -0.3 is 4.74 Å². The summed E-state index contributed by atoms with van der Waals surface area (Å²) < 4.78 is 7.57. The Hall–Kier alpha value is -0.730. The van der Waals surface area contributed by atoms with E-state index in [9.17, 15) is 0 Å². The molecule has 0 aliphatic carbocycles. The smallest absolute Gasteiger partial charge is 0.123 e. The molecule has 0 aliphatic heterocycles. The molecule has 14 heavy (non-hydrogen) atoms. The second-order valence-corrected chi connectivity index (χ2v) is 4.77. The van der Waals surface area contributed by atoms with Crippen LogP contribution in [-0.4, -0.2) is 6.61 Å². The molecule has 0 atom stereocenters. The summed E-state index contributed by atoms with van der Waals surface area (Å²) in [6.07, 6.45) is 0. The van der Waals surface area contributed by atoms with Crippen molar-refractivity contribution in [2.24, 2.45) is 0 Å². The summed E-state index contributed by atoms with van der Waals surface area (Å²) in [7, 11) is 0. The molecule has 0 amide bonds. The Labute approximate surface area is 92.3 Å². The summed E-state index contributed by atoms with van der Waals surface area (Å²) in [5, 5.41) is 1.20. The van der Waals surface area contributed by atoms with E-state index in [1.807, 2.05) is 19.1 Å². The van der Waals surface area contributed by atoms with E-state index in [0.717, 1.165) is 10.1 Å². The third-order valence-corrected chi connectivity index (χ3v) is 3.55. The van der Waals surface area contributed by atoms with Crippen LogP contribution in [0, 0.1) is 6.92 Å². The van der Waals surface area contributed by atoms with Gasteiger partial charge in [0, 0.05) is 10.3 Å². The Morgan fingerprint density at radius 2 is 2.21 bits per heavy atom. The number of hydrogen-bond acceptors (Lipinski definition) is 2. The second kappa shape index (κ2) is 3.79. The van der Waals surface area contributed by atoms with Crippen molar-refractivity contribution in [2.75, 3.05) is 6.61 Å². The lowest BCUT2D eigenvalue weighted by molar-refractivity contribution is 0.338. The monoisotopic (exact) mass is 226 g/mol. The van der Waals surface area contributed by atoms with Crippen LogP contribution in [0.3, 0.4) is 0 Å². The standard InChI is InChI=1S/C11H11ClOS/c1-3-13-9-5-4-8-6-10(12)14-11(8)7(9)2/h4-6H,3H2,1-2H3. The molecule has 74 valence electrons. The van der Waals surface area contributed by atoms with E-state index >= 15 is 0 Å². The normalized spacial score (nSPS) is 10.8. The molecule has 1 aromatic carbocycles. The van der Waals surface area contributed by atoms with E-state index in [2.05, 4.69) is 13.0 Å². The highest BCUT2D eigenvalue weighted by atomic mass is 35.5. The number of ether oxygens (including phenoxy) is 1. The molecule has 2 aromatic rings. The zero-order valence-electron chi connectivity index (χ0n) is 8.13. The van der Waals surface area contributed by atoms with Crippen LogP contribution >= 0.6 is 22.9 Å². The Morgan fingerprint density at radius 1 is 1.43 bits per heavy atom. The molecule has 0 N–H and O–H groups in total. The summed E-state index contributed by atoms with van der Waals surface area (Å²) in [6, 6.07) is 6.05. The average Bonchev–Trinajstić information content (AvgIpc) is 2.52. The van der Waals surface area contributed by atoms with E-state index in [-0.39, 0.29) is 0 Å². The van der Waals surface area contributed by atoms with Crippen LogP contribution in [0.25, 0.3) is 10.1 Å². The van der Waals surface area contributed by atoms with Crippen molar-refractivity contribution in [3.63, 3.8) is 0 Å². The van der Waals surface area contributed by atoms with Crippen LogP contribution in [0.1, 0.15) is 12.5 Å². The highest BCUT2D eigenvalue weighted by Crippen LogP contribution is 2.35. The maximum atomic E-state index is 5.96. The van der Waals surface area contributed by atoms with Crippen LogP contribution in [0.4, 0.5) is 0 Å². The Morgan fingerprint density at radius 3 is 2.93 bits per heavy atom. The minimum atomic E-state index is 0.700. The third-order valence-electron chi connectivity index (χ3n) is 2.16. The number of halogens is 1. The van der Waals surface area contributed by atoms with Crippen molar-refractivity contribution in [3.8, 4) is 5.75 Å². The van der Waals surface area contributed by atoms with Crippen molar-refractivity contribution in [1.29, 1.82) is 0 Å². The molecule has 0 radical (unpaired) electrons. The predicted molar refractivity (Wildman–Crippen MR) is 62.7 cm³/mol. The van der Waals surface area contributed by atoms with Crippen LogP contribution in [0.2, 0.25) is 4.34 Å². The van der Waals surface area contributed by atoms with Gasteiger partial charge in [-0.15, -0.1) is 11.3 Å². The quantitative estimate of drug-likeness (QED) is 0.744. The van der Waals surface area contributed by atoms with E-state index < -0.39 is 0 Å². The molecular weight excluding hydrogens is 216 g/mol. The van der Waals surface area contributed by atoms with Gasteiger partial charge in [0.2, 0.25) is 0 Å². The highest BCUT2D eigenvalue weighted by Gasteiger charge is 2.07. The first-order chi connectivity index (χ1) is 6.72. The first-order valence-electron chi connectivity index (χ1n) is 4.54. The molecule has 0 bridgehead atoms. The Bertz CT molecular complexity index is 462. The maximum absolute atomic E-state index is 5.96. The van der Waals surface area contributed by atoms with Gasteiger partial charge in [-0.3, -0.25) is 0 Å². The van der Waals surface area contributed by atoms with Crippen molar-refractivity contribution >= 4 is 33.0 Å². The van der Waals surface area contributed by atoms with Gasteiger partial charge >= 0.3 is 0 Å². The Kier molecular flexibility index (Phi) is 2.66. The fraction of sp³-hybridized carbons (Fsp3) is 0.273. The SMILES string of the molecule is CCOc1ccc2cc(Cl)sc2c1C. The van der Waals surface area contributed by atoms with Crippen LogP contribution < -0.4 is 4.74 Å². The Balaban J connectivity index is 2.61. The molecule has 0 saturated heterocycles. The molecule has 1 aromatic heterocycles. The second-order valence-electron chi connectivity index (χ2n) is 3.09. The van der Waals surface area contributed by atoms with Gasteiger partial charge in [-0.05, 0) is 37.4 Å². The maximum Gasteiger partial charge on any atom is 0.123 e. The lowest BCUT2D eigenvalue weighted by atomic mass is 10.2. The summed E-state index contributed by atoms with van der Waals surface area (Å²) in [6.45, 7) is 4.76. The number of hydrogen-bond donors (Lipinski definition) is 0. The average molecular weight is 227 g/mol. The predicted octanol–water partition coefficient (Wildman–Crippen LogP) is 4.26. The van der Waals surface area contributed by atoms with Crippen LogP contribution in [-0.2, 0) is 0 Å². The molecule has 0 unspecified atom stereocenters. The van der Waals surface area contributed by atoms with Gasteiger partial charge in [-0.2, -0.15) is 0 Å². The van der Waals surface area contributed by atoms with Crippen molar-refractivity contribution in [2.45, 2.75) is 13.8 Å². The summed E-state index contributed by atoms with van der Waals surface area (Å²) in [4.78, 5) is 0. The number of thiophene rings is 1. The molecule has 1 heterocycles. The van der Waals surface area contributed by atoms with E-state index in [0.29, 0.717) is 6.61 Å². The molecule has 0 aliphatic rings. The lowest BCUT2D eigenvalue weighted by Gasteiger charge is -2.06.